The molecule has 136 valence electrons. The zero-order valence-corrected chi connectivity index (χ0v) is 14.7. The summed E-state index contributed by atoms with van der Waals surface area (Å²) in [6.45, 7) is 2.72. The molecule has 2 amide bonds. The van der Waals surface area contributed by atoms with Crippen LogP contribution >= 0.6 is 0 Å². The van der Waals surface area contributed by atoms with Gasteiger partial charge in [-0.05, 0) is 36.8 Å². The smallest absolute Gasteiger partial charge is 0.260 e. The zero-order chi connectivity index (χ0) is 19.0. The van der Waals surface area contributed by atoms with Crippen molar-refractivity contribution in [3.63, 3.8) is 0 Å². The highest BCUT2D eigenvalue weighted by atomic mass is 16.2. The minimum absolute atomic E-state index is 0.281. The van der Waals surface area contributed by atoms with Crippen LogP contribution in [0, 0.1) is 0 Å². The normalized spacial score (nSPS) is 11.1. The molecule has 0 atom stereocenters. The number of carbonyl (C=O) groups is 2. The van der Waals surface area contributed by atoms with E-state index in [2.05, 4.69) is 20.3 Å². The van der Waals surface area contributed by atoms with Crippen LogP contribution in [0.15, 0.2) is 42.7 Å². The van der Waals surface area contributed by atoms with Crippen LogP contribution < -0.4 is 11.1 Å². The van der Waals surface area contributed by atoms with Crippen LogP contribution in [0.5, 0.6) is 0 Å². The zero-order valence-electron chi connectivity index (χ0n) is 14.7. The minimum atomic E-state index is -0.515. The highest BCUT2D eigenvalue weighted by Crippen LogP contribution is 2.23. The van der Waals surface area contributed by atoms with Crippen molar-refractivity contribution in [3.8, 4) is 0 Å². The summed E-state index contributed by atoms with van der Waals surface area (Å²) < 4.78 is 1.92. The summed E-state index contributed by atoms with van der Waals surface area (Å²) >= 11 is 0. The number of H-pyrrole nitrogens is 1. The number of nitrogens with zero attached hydrogens (tertiary/aromatic N) is 3. The SMILES string of the molecule is CCCn1c(NC(=O)c2c[nH]c3ncccc23)nc2cc(C(N)=O)ccc21. The Morgan fingerprint density at radius 1 is 1.30 bits per heavy atom. The Kier molecular flexibility index (Phi) is 4.08. The van der Waals surface area contributed by atoms with Gasteiger partial charge in [0, 0.05) is 29.9 Å². The molecule has 4 aromatic rings. The van der Waals surface area contributed by atoms with Crippen molar-refractivity contribution in [2.75, 3.05) is 5.32 Å². The third kappa shape index (κ3) is 2.91. The molecule has 0 spiro atoms. The molecular weight excluding hydrogens is 344 g/mol. The lowest BCUT2D eigenvalue weighted by molar-refractivity contribution is 0.0997. The van der Waals surface area contributed by atoms with Crippen molar-refractivity contribution in [3.05, 3.63) is 53.9 Å². The van der Waals surface area contributed by atoms with Gasteiger partial charge >= 0.3 is 0 Å². The lowest BCUT2D eigenvalue weighted by Gasteiger charge is -2.08. The molecular formula is C19H18N6O2. The highest BCUT2D eigenvalue weighted by molar-refractivity contribution is 6.12. The molecule has 0 aliphatic heterocycles. The van der Waals surface area contributed by atoms with Gasteiger partial charge in [-0.25, -0.2) is 9.97 Å². The highest BCUT2D eigenvalue weighted by Gasteiger charge is 2.17. The number of nitrogens with two attached hydrogens (primary N) is 1. The van der Waals surface area contributed by atoms with E-state index < -0.39 is 5.91 Å². The lowest BCUT2D eigenvalue weighted by atomic mass is 10.2. The molecule has 8 heteroatoms. The first-order chi connectivity index (χ1) is 13.1. The van der Waals surface area contributed by atoms with Crippen molar-refractivity contribution in [2.45, 2.75) is 19.9 Å². The molecule has 0 unspecified atom stereocenters. The van der Waals surface area contributed by atoms with Gasteiger partial charge in [-0.2, -0.15) is 0 Å². The average molecular weight is 362 g/mol. The van der Waals surface area contributed by atoms with Crippen LogP contribution in [-0.4, -0.2) is 31.3 Å². The molecule has 0 saturated heterocycles. The van der Waals surface area contributed by atoms with Gasteiger partial charge in [0.2, 0.25) is 11.9 Å². The average Bonchev–Trinajstić information content (AvgIpc) is 3.23. The number of hydrogen-bond donors (Lipinski definition) is 3. The first-order valence-corrected chi connectivity index (χ1v) is 8.62. The van der Waals surface area contributed by atoms with E-state index in [1.807, 2.05) is 17.6 Å². The summed E-state index contributed by atoms with van der Waals surface area (Å²) in [5.74, 6) is -0.368. The maximum absolute atomic E-state index is 12.8. The molecule has 27 heavy (non-hydrogen) atoms. The van der Waals surface area contributed by atoms with Gasteiger partial charge < -0.3 is 15.3 Å². The van der Waals surface area contributed by atoms with Crippen LogP contribution in [0.2, 0.25) is 0 Å². The molecule has 1 aromatic carbocycles. The maximum Gasteiger partial charge on any atom is 0.260 e. The Bertz CT molecular complexity index is 1170. The van der Waals surface area contributed by atoms with E-state index in [9.17, 15) is 9.59 Å². The number of fused-ring (bicyclic) bond motifs is 2. The first kappa shape index (κ1) is 16.8. The summed E-state index contributed by atoms with van der Waals surface area (Å²) in [6, 6.07) is 8.71. The predicted octanol–water partition coefficient (Wildman–Crippen LogP) is 2.67. The Morgan fingerprint density at radius 3 is 2.93 bits per heavy atom. The first-order valence-electron chi connectivity index (χ1n) is 8.62. The van der Waals surface area contributed by atoms with E-state index in [0.717, 1.165) is 17.3 Å². The number of amides is 2. The Labute approximate surface area is 154 Å². The van der Waals surface area contributed by atoms with Crippen molar-refractivity contribution in [2.24, 2.45) is 5.73 Å². The van der Waals surface area contributed by atoms with Crippen LogP contribution in [0.1, 0.15) is 34.1 Å². The van der Waals surface area contributed by atoms with Crippen molar-refractivity contribution in [1.82, 2.24) is 19.5 Å². The van der Waals surface area contributed by atoms with Crippen LogP contribution in [0.3, 0.4) is 0 Å². The van der Waals surface area contributed by atoms with Crippen molar-refractivity contribution >= 4 is 39.8 Å². The number of aromatic nitrogens is 4. The van der Waals surface area contributed by atoms with E-state index in [0.29, 0.717) is 34.8 Å². The number of hydrogen-bond acceptors (Lipinski definition) is 4. The van der Waals surface area contributed by atoms with Gasteiger partial charge in [-0.3, -0.25) is 14.9 Å². The second-order valence-corrected chi connectivity index (χ2v) is 6.21. The third-order valence-corrected chi connectivity index (χ3v) is 4.40. The fourth-order valence-electron chi connectivity index (χ4n) is 3.14. The van der Waals surface area contributed by atoms with Gasteiger partial charge in [0.05, 0.1) is 16.6 Å². The number of aryl methyl sites for hydroxylation is 1. The summed E-state index contributed by atoms with van der Waals surface area (Å²) in [5, 5.41) is 3.62. The Balaban J connectivity index is 1.74. The van der Waals surface area contributed by atoms with E-state index in [4.69, 9.17) is 5.73 Å². The van der Waals surface area contributed by atoms with Gasteiger partial charge in [0.1, 0.15) is 5.65 Å². The van der Waals surface area contributed by atoms with Crippen molar-refractivity contribution in [1.29, 1.82) is 0 Å². The molecule has 0 saturated carbocycles. The van der Waals surface area contributed by atoms with E-state index in [1.54, 1.807) is 36.7 Å². The molecule has 0 bridgehead atoms. The number of carbonyl (C=O) groups excluding carboxylic acids is 2. The number of imidazole rings is 1. The molecule has 3 aromatic heterocycles. The number of nitrogens with one attached hydrogen (secondary N) is 2. The summed E-state index contributed by atoms with van der Waals surface area (Å²) in [5.41, 5.74) is 8.31. The Morgan fingerprint density at radius 2 is 2.15 bits per heavy atom. The standard InChI is InChI=1S/C19H18N6O2/c1-2-8-25-15-6-5-11(16(20)26)9-14(15)23-19(25)24-18(27)13-10-22-17-12(13)4-3-7-21-17/h3-7,9-10H,2,8H2,1H3,(H2,20,26)(H,21,22)(H,23,24,27). The van der Waals surface area contributed by atoms with Crippen LogP contribution in [0.4, 0.5) is 5.95 Å². The number of anilines is 1. The van der Waals surface area contributed by atoms with Crippen LogP contribution in [0.25, 0.3) is 22.1 Å². The maximum atomic E-state index is 12.8. The van der Waals surface area contributed by atoms with Gasteiger partial charge in [0.25, 0.3) is 5.91 Å². The molecule has 0 fully saturated rings. The number of benzene rings is 1. The largest absolute Gasteiger partial charge is 0.366 e. The van der Waals surface area contributed by atoms with Crippen molar-refractivity contribution < 1.29 is 9.59 Å². The third-order valence-electron chi connectivity index (χ3n) is 4.40. The second-order valence-electron chi connectivity index (χ2n) is 6.21. The molecule has 4 N–H and O–H groups in total. The van der Waals surface area contributed by atoms with E-state index in [1.165, 1.54) is 0 Å². The molecule has 0 radical (unpaired) electrons. The van der Waals surface area contributed by atoms with E-state index >= 15 is 0 Å². The second kappa shape index (κ2) is 6.56. The molecule has 0 aliphatic rings. The summed E-state index contributed by atoms with van der Waals surface area (Å²) in [4.78, 5) is 35.9. The topological polar surface area (TPSA) is 119 Å². The molecule has 3 heterocycles. The number of pyridine rings is 1. The lowest BCUT2D eigenvalue weighted by Crippen LogP contribution is -2.15. The fraction of sp³-hybridized carbons (Fsp3) is 0.158. The number of rotatable bonds is 5. The summed E-state index contributed by atoms with van der Waals surface area (Å²) in [6.07, 6.45) is 4.16. The van der Waals surface area contributed by atoms with Gasteiger partial charge in [-0.15, -0.1) is 0 Å². The van der Waals surface area contributed by atoms with Gasteiger partial charge in [-0.1, -0.05) is 6.92 Å². The number of primary amides is 1. The Hall–Kier alpha value is -3.68. The quantitative estimate of drug-likeness (QED) is 0.506. The van der Waals surface area contributed by atoms with Gasteiger partial charge in [0.15, 0.2) is 0 Å². The molecule has 4 rings (SSSR count). The fourth-order valence-corrected chi connectivity index (χ4v) is 3.14. The molecule has 0 aliphatic carbocycles. The van der Waals surface area contributed by atoms with E-state index in [-0.39, 0.29) is 5.91 Å². The molecule has 8 nitrogen and oxygen atoms in total. The monoisotopic (exact) mass is 362 g/mol. The number of aromatic amines is 1. The van der Waals surface area contributed by atoms with Crippen LogP contribution in [-0.2, 0) is 6.54 Å². The minimum Gasteiger partial charge on any atom is -0.366 e. The summed E-state index contributed by atoms with van der Waals surface area (Å²) in [7, 11) is 0. The predicted molar refractivity (Wildman–Crippen MR) is 103 cm³/mol.